The van der Waals surface area contributed by atoms with E-state index in [9.17, 15) is 22.4 Å². The lowest BCUT2D eigenvalue weighted by Crippen LogP contribution is -2.53. The molecule has 1 saturated carbocycles. The van der Waals surface area contributed by atoms with Crippen molar-refractivity contribution in [3.05, 3.63) is 59.9 Å². The fourth-order valence-electron chi connectivity index (χ4n) is 4.50. The third-order valence-electron chi connectivity index (χ3n) is 6.39. The smallest absolute Gasteiger partial charge is 0.244 e. The van der Waals surface area contributed by atoms with Crippen molar-refractivity contribution in [2.45, 2.75) is 57.7 Å². The van der Waals surface area contributed by atoms with Crippen molar-refractivity contribution in [2.24, 2.45) is 0 Å². The van der Waals surface area contributed by atoms with Crippen molar-refractivity contribution in [1.29, 1.82) is 0 Å². The first-order valence-electron chi connectivity index (χ1n) is 12.1. The van der Waals surface area contributed by atoms with Crippen LogP contribution < -0.4 is 14.4 Å². The second kappa shape index (κ2) is 12.2. The lowest BCUT2D eigenvalue weighted by atomic mass is 10.1. The number of ether oxygens (including phenoxy) is 1. The Morgan fingerprint density at radius 1 is 1.11 bits per heavy atom. The van der Waals surface area contributed by atoms with E-state index in [1.54, 1.807) is 43.3 Å². The second-order valence-electron chi connectivity index (χ2n) is 9.00. The summed E-state index contributed by atoms with van der Waals surface area (Å²) in [7, 11) is -2.45. The van der Waals surface area contributed by atoms with Gasteiger partial charge in [-0.05, 0) is 49.1 Å². The number of rotatable bonds is 11. The Morgan fingerprint density at radius 3 is 2.33 bits per heavy atom. The first kappa shape index (κ1) is 27.4. The van der Waals surface area contributed by atoms with Crippen LogP contribution in [0, 0.1) is 5.82 Å². The first-order valence-corrected chi connectivity index (χ1v) is 13.9. The van der Waals surface area contributed by atoms with Crippen LogP contribution in [-0.2, 0) is 26.2 Å². The van der Waals surface area contributed by atoms with Crippen LogP contribution in [0.1, 0.15) is 44.6 Å². The van der Waals surface area contributed by atoms with E-state index in [1.807, 2.05) is 0 Å². The number of anilines is 1. The maximum Gasteiger partial charge on any atom is 0.244 e. The number of benzene rings is 2. The van der Waals surface area contributed by atoms with Crippen LogP contribution in [0.25, 0.3) is 0 Å². The molecule has 10 heteroatoms. The molecule has 0 bridgehead atoms. The summed E-state index contributed by atoms with van der Waals surface area (Å²) in [6.45, 7) is 1.31. The van der Waals surface area contributed by atoms with Gasteiger partial charge in [-0.2, -0.15) is 0 Å². The van der Waals surface area contributed by atoms with Gasteiger partial charge in [0.25, 0.3) is 0 Å². The van der Waals surface area contributed by atoms with E-state index in [1.165, 1.54) is 24.1 Å². The zero-order valence-electron chi connectivity index (χ0n) is 20.9. The number of carbonyl (C=O) groups is 2. The Morgan fingerprint density at radius 2 is 1.75 bits per heavy atom. The van der Waals surface area contributed by atoms with Crippen molar-refractivity contribution in [1.82, 2.24) is 10.2 Å². The van der Waals surface area contributed by atoms with Crippen molar-refractivity contribution in [2.75, 3.05) is 24.2 Å². The summed E-state index contributed by atoms with van der Waals surface area (Å²) in [5.74, 6) is -0.943. The summed E-state index contributed by atoms with van der Waals surface area (Å²) in [5.41, 5.74) is 0.848. The largest absolute Gasteiger partial charge is 0.495 e. The highest BCUT2D eigenvalue weighted by molar-refractivity contribution is 7.92. The van der Waals surface area contributed by atoms with Gasteiger partial charge >= 0.3 is 0 Å². The molecule has 196 valence electrons. The summed E-state index contributed by atoms with van der Waals surface area (Å²) in [5, 5.41) is 3.05. The minimum Gasteiger partial charge on any atom is -0.495 e. The Labute approximate surface area is 212 Å². The average molecular weight is 520 g/mol. The monoisotopic (exact) mass is 519 g/mol. The van der Waals surface area contributed by atoms with E-state index in [0.717, 1.165) is 36.2 Å². The molecule has 1 atom stereocenters. The molecule has 36 heavy (non-hydrogen) atoms. The molecule has 0 saturated heterocycles. The van der Waals surface area contributed by atoms with Gasteiger partial charge in [-0.3, -0.25) is 13.9 Å². The number of carbonyl (C=O) groups excluding carboxylic acids is 2. The molecule has 8 nitrogen and oxygen atoms in total. The Bertz CT molecular complexity index is 1150. The lowest BCUT2D eigenvalue weighted by molar-refractivity contribution is -0.140. The van der Waals surface area contributed by atoms with Gasteiger partial charge in [-0.15, -0.1) is 0 Å². The molecule has 2 aromatic carbocycles. The Kier molecular flexibility index (Phi) is 9.31. The van der Waals surface area contributed by atoms with Crippen molar-refractivity contribution < 1.29 is 27.1 Å². The Hall–Kier alpha value is -3.14. The van der Waals surface area contributed by atoms with Crippen molar-refractivity contribution >= 4 is 27.5 Å². The molecule has 0 aromatic heterocycles. The standard InChI is InChI=1S/C26H34FN3O5S/c1-4-22(26(32)28-21-9-5-6-10-21)29(17-19-13-15-20(27)16-14-19)25(31)18-30(36(3,33)34)23-11-7-8-12-24(23)35-2/h7-8,11-16,21-22H,4-6,9-10,17-18H2,1-3H3,(H,28,32)/t22-/m1/s1. The summed E-state index contributed by atoms with van der Waals surface area (Å²) < 4.78 is 45.3. The van der Waals surface area contributed by atoms with Gasteiger partial charge in [0.2, 0.25) is 21.8 Å². The van der Waals surface area contributed by atoms with Crippen LogP contribution in [0.3, 0.4) is 0 Å². The first-order chi connectivity index (χ1) is 17.1. The number of nitrogens with zero attached hydrogens (tertiary/aromatic N) is 2. The van der Waals surface area contributed by atoms with Crippen LogP contribution in [-0.4, -0.2) is 57.1 Å². The highest BCUT2D eigenvalue weighted by Gasteiger charge is 2.33. The fourth-order valence-corrected chi connectivity index (χ4v) is 5.36. The molecule has 2 amide bonds. The van der Waals surface area contributed by atoms with Crippen LogP contribution in [0.2, 0.25) is 0 Å². The molecule has 0 unspecified atom stereocenters. The zero-order valence-corrected chi connectivity index (χ0v) is 21.8. The topological polar surface area (TPSA) is 96.0 Å². The van der Waals surface area contributed by atoms with E-state index >= 15 is 0 Å². The van der Waals surface area contributed by atoms with Gasteiger partial charge in [0.15, 0.2) is 0 Å². The third kappa shape index (κ3) is 6.96. The van der Waals surface area contributed by atoms with E-state index in [-0.39, 0.29) is 24.2 Å². The van der Waals surface area contributed by atoms with Crippen LogP contribution in [0.4, 0.5) is 10.1 Å². The van der Waals surface area contributed by atoms with E-state index in [0.29, 0.717) is 17.7 Å². The maximum absolute atomic E-state index is 13.7. The number of amides is 2. The summed E-state index contributed by atoms with van der Waals surface area (Å²) in [6.07, 6.45) is 5.22. The summed E-state index contributed by atoms with van der Waals surface area (Å²) >= 11 is 0. The van der Waals surface area contributed by atoms with E-state index < -0.39 is 34.3 Å². The SMILES string of the molecule is CC[C@H](C(=O)NC1CCCC1)N(Cc1ccc(F)cc1)C(=O)CN(c1ccccc1OC)S(C)(=O)=O. The van der Waals surface area contributed by atoms with Gasteiger partial charge in [-0.1, -0.05) is 44.0 Å². The van der Waals surface area contributed by atoms with Crippen molar-refractivity contribution in [3.63, 3.8) is 0 Å². The van der Waals surface area contributed by atoms with Gasteiger partial charge in [0, 0.05) is 12.6 Å². The van der Waals surface area contributed by atoms with Gasteiger partial charge < -0.3 is 15.0 Å². The van der Waals surface area contributed by atoms with Gasteiger partial charge in [0.05, 0.1) is 19.1 Å². The molecular formula is C26H34FN3O5S. The highest BCUT2D eigenvalue weighted by Crippen LogP contribution is 2.30. The van der Waals surface area contributed by atoms with Crippen LogP contribution >= 0.6 is 0 Å². The number of methoxy groups -OCH3 is 1. The minimum absolute atomic E-state index is 0.0270. The third-order valence-corrected chi connectivity index (χ3v) is 7.51. The molecule has 1 N–H and O–H groups in total. The average Bonchev–Trinajstić information content (AvgIpc) is 3.35. The number of hydrogen-bond acceptors (Lipinski definition) is 5. The molecule has 0 heterocycles. The fraction of sp³-hybridized carbons (Fsp3) is 0.462. The zero-order chi connectivity index (χ0) is 26.3. The number of nitrogens with one attached hydrogen (secondary N) is 1. The maximum atomic E-state index is 13.7. The number of sulfonamides is 1. The lowest BCUT2D eigenvalue weighted by Gasteiger charge is -2.33. The van der Waals surface area contributed by atoms with Crippen molar-refractivity contribution in [3.8, 4) is 5.75 Å². The summed E-state index contributed by atoms with van der Waals surface area (Å²) in [4.78, 5) is 28.3. The molecule has 1 aliphatic carbocycles. The number of para-hydroxylation sites is 2. The predicted octanol–water partition coefficient (Wildman–Crippen LogP) is 3.47. The number of hydrogen-bond donors (Lipinski definition) is 1. The number of halogens is 1. The molecular weight excluding hydrogens is 485 g/mol. The Balaban J connectivity index is 1.94. The summed E-state index contributed by atoms with van der Waals surface area (Å²) in [6, 6.07) is 11.4. The van der Waals surface area contributed by atoms with Crippen LogP contribution in [0.5, 0.6) is 5.75 Å². The molecule has 1 fully saturated rings. The van der Waals surface area contributed by atoms with Crippen LogP contribution in [0.15, 0.2) is 48.5 Å². The van der Waals surface area contributed by atoms with E-state index in [2.05, 4.69) is 5.32 Å². The molecule has 0 radical (unpaired) electrons. The molecule has 2 aromatic rings. The molecule has 0 spiro atoms. The molecule has 3 rings (SSSR count). The quantitative estimate of drug-likeness (QED) is 0.491. The second-order valence-corrected chi connectivity index (χ2v) is 10.9. The van der Waals surface area contributed by atoms with E-state index in [4.69, 9.17) is 4.74 Å². The minimum atomic E-state index is -3.87. The van der Waals surface area contributed by atoms with Gasteiger partial charge in [-0.25, -0.2) is 12.8 Å². The predicted molar refractivity (Wildman–Crippen MR) is 137 cm³/mol. The molecule has 1 aliphatic rings. The highest BCUT2D eigenvalue weighted by atomic mass is 32.2. The van der Waals surface area contributed by atoms with Gasteiger partial charge in [0.1, 0.15) is 24.2 Å². The molecule has 0 aliphatic heterocycles. The normalized spacial score (nSPS) is 14.8.